The lowest BCUT2D eigenvalue weighted by molar-refractivity contribution is 0.219. The fraction of sp³-hybridized carbons (Fsp3) is 0.407. The number of hydrogen-bond acceptors (Lipinski definition) is 6. The lowest BCUT2D eigenvalue weighted by atomic mass is 10.0. The fourth-order valence-corrected chi connectivity index (χ4v) is 4.92. The lowest BCUT2D eigenvalue weighted by Gasteiger charge is -2.24. The van der Waals surface area contributed by atoms with Crippen LogP contribution in [0.5, 0.6) is 0 Å². The van der Waals surface area contributed by atoms with Crippen LogP contribution in [0.2, 0.25) is 5.02 Å². The van der Waals surface area contributed by atoms with Crippen LogP contribution in [0.15, 0.2) is 57.8 Å². The van der Waals surface area contributed by atoms with Crippen molar-refractivity contribution in [2.45, 2.75) is 58.0 Å². The number of nitrogens with zero attached hydrogens (tertiary/aromatic N) is 5. The number of halogens is 1. The van der Waals surface area contributed by atoms with E-state index in [0.717, 1.165) is 48.4 Å². The molecular formula is C27H30ClN5O2. The minimum Gasteiger partial charge on any atom is -0.339 e. The van der Waals surface area contributed by atoms with Crippen molar-refractivity contribution in [3.05, 3.63) is 86.9 Å². The van der Waals surface area contributed by atoms with E-state index in [2.05, 4.69) is 28.9 Å². The summed E-state index contributed by atoms with van der Waals surface area (Å²) in [4.78, 5) is 20.3. The van der Waals surface area contributed by atoms with Gasteiger partial charge in [-0.1, -0.05) is 60.9 Å². The standard InChI is InChI=1S/C27H30ClN5O2/c1-18(2)26-29-25(35-31-26)13-15-32-14-5-6-21(32)17-33-27(34)23-8-4-3-7-22(23)24(30-33)16-19-9-11-20(28)12-10-19/h3-4,7-12,18,21H,5-6,13-17H2,1-2H3/t21-/m1/s1. The molecular weight excluding hydrogens is 462 g/mol. The average molecular weight is 492 g/mol. The van der Waals surface area contributed by atoms with Gasteiger partial charge >= 0.3 is 0 Å². The van der Waals surface area contributed by atoms with Gasteiger partial charge in [-0.2, -0.15) is 10.1 Å². The molecule has 8 heteroatoms. The van der Waals surface area contributed by atoms with Gasteiger partial charge in [0.05, 0.1) is 17.6 Å². The molecule has 1 fully saturated rings. The zero-order valence-corrected chi connectivity index (χ0v) is 20.9. The molecule has 0 aliphatic carbocycles. The maximum absolute atomic E-state index is 13.3. The molecule has 2 aromatic carbocycles. The quantitative estimate of drug-likeness (QED) is 0.350. The summed E-state index contributed by atoms with van der Waals surface area (Å²) in [5, 5.41) is 11.3. The summed E-state index contributed by atoms with van der Waals surface area (Å²) in [5.41, 5.74) is 1.98. The van der Waals surface area contributed by atoms with E-state index in [0.29, 0.717) is 35.7 Å². The Bertz CT molecular complexity index is 1360. The molecule has 0 spiro atoms. The molecule has 3 heterocycles. The molecule has 1 saturated heterocycles. The SMILES string of the molecule is CC(C)c1noc(CCN2CCC[C@@H]2Cn2nc(Cc3ccc(Cl)cc3)c3ccccc3c2=O)n1. The van der Waals surface area contributed by atoms with Crippen LogP contribution in [0.25, 0.3) is 10.8 Å². The number of hydrogen-bond donors (Lipinski definition) is 0. The highest BCUT2D eigenvalue weighted by Crippen LogP contribution is 2.22. The third kappa shape index (κ3) is 5.31. The number of benzene rings is 2. The van der Waals surface area contributed by atoms with Crippen LogP contribution in [0.4, 0.5) is 0 Å². The van der Waals surface area contributed by atoms with E-state index in [1.54, 1.807) is 4.68 Å². The van der Waals surface area contributed by atoms with Gasteiger partial charge in [0, 0.05) is 41.8 Å². The van der Waals surface area contributed by atoms with Crippen LogP contribution in [0, 0.1) is 0 Å². The van der Waals surface area contributed by atoms with Crippen LogP contribution in [-0.4, -0.2) is 44.0 Å². The molecule has 7 nitrogen and oxygen atoms in total. The van der Waals surface area contributed by atoms with Gasteiger partial charge in [-0.15, -0.1) is 0 Å². The number of rotatable bonds is 8. The van der Waals surface area contributed by atoms with Gasteiger partial charge in [0.1, 0.15) is 0 Å². The molecule has 0 radical (unpaired) electrons. The molecule has 1 aliphatic rings. The van der Waals surface area contributed by atoms with E-state index >= 15 is 0 Å². The summed E-state index contributed by atoms with van der Waals surface area (Å²) in [6.07, 6.45) is 3.49. The number of aromatic nitrogens is 4. The maximum atomic E-state index is 13.3. The van der Waals surface area contributed by atoms with Gasteiger partial charge in [0.15, 0.2) is 5.82 Å². The minimum atomic E-state index is -0.0363. The summed E-state index contributed by atoms with van der Waals surface area (Å²) < 4.78 is 7.09. The van der Waals surface area contributed by atoms with Crippen molar-refractivity contribution in [3.8, 4) is 0 Å². The van der Waals surface area contributed by atoms with Crippen molar-refractivity contribution in [2.24, 2.45) is 0 Å². The predicted octanol–water partition coefficient (Wildman–Crippen LogP) is 4.85. The van der Waals surface area contributed by atoms with Gasteiger partial charge in [0.25, 0.3) is 5.56 Å². The first-order chi connectivity index (χ1) is 17.0. The molecule has 5 rings (SSSR count). The molecule has 0 bridgehead atoms. The van der Waals surface area contributed by atoms with E-state index < -0.39 is 0 Å². The first-order valence-electron chi connectivity index (χ1n) is 12.3. The normalized spacial score (nSPS) is 16.5. The van der Waals surface area contributed by atoms with Gasteiger partial charge in [-0.25, -0.2) is 4.68 Å². The zero-order valence-electron chi connectivity index (χ0n) is 20.2. The molecule has 1 aliphatic heterocycles. The fourth-order valence-electron chi connectivity index (χ4n) is 4.79. The molecule has 4 aromatic rings. The van der Waals surface area contributed by atoms with Gasteiger partial charge in [0.2, 0.25) is 5.89 Å². The van der Waals surface area contributed by atoms with E-state index in [4.69, 9.17) is 21.2 Å². The van der Waals surface area contributed by atoms with Crippen LogP contribution < -0.4 is 5.56 Å². The van der Waals surface area contributed by atoms with Crippen LogP contribution in [0.1, 0.15) is 55.6 Å². The minimum absolute atomic E-state index is 0.0363. The monoisotopic (exact) mass is 491 g/mol. The Labute approximate surface area is 209 Å². The topological polar surface area (TPSA) is 77.0 Å². The van der Waals surface area contributed by atoms with Crippen molar-refractivity contribution in [1.29, 1.82) is 0 Å². The molecule has 0 N–H and O–H groups in total. The molecule has 2 aromatic heterocycles. The van der Waals surface area contributed by atoms with E-state index in [9.17, 15) is 4.79 Å². The Balaban J connectivity index is 1.37. The average Bonchev–Trinajstić information content (AvgIpc) is 3.52. The molecule has 0 unspecified atom stereocenters. The zero-order chi connectivity index (χ0) is 24.4. The first kappa shape index (κ1) is 23.7. The number of fused-ring (bicyclic) bond motifs is 1. The second-order valence-corrected chi connectivity index (χ2v) is 10.0. The predicted molar refractivity (Wildman–Crippen MR) is 137 cm³/mol. The van der Waals surface area contributed by atoms with Crippen LogP contribution in [0.3, 0.4) is 0 Å². The van der Waals surface area contributed by atoms with Crippen molar-refractivity contribution >= 4 is 22.4 Å². The smallest absolute Gasteiger partial charge is 0.274 e. The highest BCUT2D eigenvalue weighted by molar-refractivity contribution is 6.30. The Morgan fingerprint density at radius 2 is 1.89 bits per heavy atom. The second-order valence-electron chi connectivity index (χ2n) is 9.57. The van der Waals surface area contributed by atoms with Gasteiger partial charge < -0.3 is 4.52 Å². The molecule has 35 heavy (non-hydrogen) atoms. The largest absolute Gasteiger partial charge is 0.339 e. The van der Waals surface area contributed by atoms with Crippen LogP contribution in [-0.2, 0) is 19.4 Å². The lowest BCUT2D eigenvalue weighted by Crippen LogP contribution is -2.38. The highest BCUT2D eigenvalue weighted by Gasteiger charge is 2.26. The summed E-state index contributed by atoms with van der Waals surface area (Å²) in [6.45, 7) is 6.50. The summed E-state index contributed by atoms with van der Waals surface area (Å²) >= 11 is 6.07. The second kappa shape index (κ2) is 10.3. The first-order valence-corrected chi connectivity index (χ1v) is 12.7. The number of likely N-dealkylation sites (tertiary alicyclic amines) is 1. The van der Waals surface area contributed by atoms with Crippen LogP contribution >= 0.6 is 11.6 Å². The summed E-state index contributed by atoms with van der Waals surface area (Å²) in [6, 6.07) is 15.8. The molecule has 182 valence electrons. The van der Waals surface area contributed by atoms with Crippen molar-refractivity contribution in [2.75, 3.05) is 13.1 Å². The Morgan fingerprint density at radius 1 is 1.11 bits per heavy atom. The van der Waals surface area contributed by atoms with Crippen molar-refractivity contribution in [1.82, 2.24) is 24.8 Å². The van der Waals surface area contributed by atoms with Crippen molar-refractivity contribution < 1.29 is 4.52 Å². The third-order valence-electron chi connectivity index (χ3n) is 6.72. The third-order valence-corrected chi connectivity index (χ3v) is 6.98. The molecule has 1 atom stereocenters. The Hall–Kier alpha value is -3.03. The Morgan fingerprint density at radius 3 is 2.63 bits per heavy atom. The molecule has 0 saturated carbocycles. The van der Waals surface area contributed by atoms with Crippen molar-refractivity contribution in [3.63, 3.8) is 0 Å². The summed E-state index contributed by atoms with van der Waals surface area (Å²) in [5.74, 6) is 1.67. The van der Waals surface area contributed by atoms with E-state index in [1.165, 1.54) is 0 Å². The van der Waals surface area contributed by atoms with E-state index in [1.807, 2.05) is 48.5 Å². The molecule has 0 amide bonds. The van der Waals surface area contributed by atoms with E-state index in [-0.39, 0.29) is 17.5 Å². The summed E-state index contributed by atoms with van der Waals surface area (Å²) in [7, 11) is 0. The van der Waals surface area contributed by atoms with Gasteiger partial charge in [-0.05, 0) is 43.1 Å². The highest BCUT2D eigenvalue weighted by atomic mass is 35.5. The van der Waals surface area contributed by atoms with Gasteiger partial charge in [-0.3, -0.25) is 9.69 Å². The Kier molecular flexibility index (Phi) is 6.97. The maximum Gasteiger partial charge on any atom is 0.274 e.